The van der Waals surface area contributed by atoms with Crippen LogP contribution in [0.3, 0.4) is 0 Å². The Morgan fingerprint density at radius 1 is 1.08 bits per heavy atom. The van der Waals surface area contributed by atoms with Gasteiger partial charge >= 0.3 is 0 Å². The zero-order valence-electron chi connectivity index (χ0n) is 14.9. The summed E-state index contributed by atoms with van der Waals surface area (Å²) in [5, 5.41) is 0. The van der Waals surface area contributed by atoms with Crippen LogP contribution in [0.25, 0.3) is 0 Å². The van der Waals surface area contributed by atoms with Gasteiger partial charge in [0.1, 0.15) is 5.75 Å². The molecule has 130 valence electrons. The van der Waals surface area contributed by atoms with Gasteiger partial charge in [-0.05, 0) is 29.7 Å². The molecule has 0 spiro atoms. The fraction of sp³-hybridized carbons (Fsp3) is 0.364. The lowest BCUT2D eigenvalue weighted by Crippen LogP contribution is -2.15. The van der Waals surface area contributed by atoms with E-state index in [1.54, 1.807) is 7.05 Å². The summed E-state index contributed by atoms with van der Waals surface area (Å²) in [6, 6.07) is 17.9. The van der Waals surface area contributed by atoms with Gasteiger partial charge in [-0.3, -0.25) is 9.79 Å². The van der Waals surface area contributed by atoms with Crippen LogP contribution in [0.5, 0.6) is 5.75 Å². The Balaban J connectivity index is 1.86. The maximum absolute atomic E-state index is 13.1. The third kappa shape index (κ3) is 3.81. The fourth-order valence-electron chi connectivity index (χ4n) is 3.46. The number of rotatable bonds is 6. The molecule has 3 nitrogen and oxygen atoms in total. The summed E-state index contributed by atoms with van der Waals surface area (Å²) in [6.45, 7) is 2.85. The average molecular weight is 335 g/mol. The van der Waals surface area contributed by atoms with Gasteiger partial charge in [0.2, 0.25) is 0 Å². The van der Waals surface area contributed by atoms with E-state index in [2.05, 4.69) is 11.9 Å². The zero-order valence-corrected chi connectivity index (χ0v) is 14.9. The number of carbonyl (C=O) groups excluding carboxylic acids is 1. The van der Waals surface area contributed by atoms with Crippen molar-refractivity contribution in [3.63, 3.8) is 0 Å². The average Bonchev–Trinajstić information content (AvgIpc) is 2.99. The predicted octanol–water partition coefficient (Wildman–Crippen LogP) is 4.78. The molecule has 0 aromatic heterocycles. The summed E-state index contributed by atoms with van der Waals surface area (Å²) >= 11 is 0. The van der Waals surface area contributed by atoms with Crippen molar-refractivity contribution < 1.29 is 9.53 Å². The molecule has 1 aliphatic rings. The fourth-order valence-corrected chi connectivity index (χ4v) is 3.46. The van der Waals surface area contributed by atoms with Crippen molar-refractivity contribution >= 4 is 11.5 Å². The van der Waals surface area contributed by atoms with Crippen molar-refractivity contribution in [2.24, 2.45) is 4.99 Å². The van der Waals surface area contributed by atoms with Crippen LogP contribution in [0.15, 0.2) is 59.6 Å². The number of ketones is 1. The number of hydrogen-bond donors (Lipinski definition) is 0. The van der Waals surface area contributed by atoms with E-state index in [9.17, 15) is 4.79 Å². The number of benzene rings is 2. The lowest BCUT2D eigenvalue weighted by molar-refractivity contribution is -0.119. The molecule has 0 aliphatic heterocycles. The maximum atomic E-state index is 13.1. The molecule has 25 heavy (non-hydrogen) atoms. The molecule has 1 aliphatic carbocycles. The number of carbonyl (C=O) groups is 1. The Labute approximate surface area is 149 Å². The van der Waals surface area contributed by atoms with Crippen LogP contribution in [-0.2, 0) is 4.79 Å². The van der Waals surface area contributed by atoms with Crippen LogP contribution in [-0.4, -0.2) is 25.1 Å². The minimum absolute atomic E-state index is 0.102. The molecule has 3 rings (SSSR count). The van der Waals surface area contributed by atoms with Crippen molar-refractivity contribution in [2.45, 2.75) is 38.0 Å². The molecule has 3 heteroatoms. The van der Waals surface area contributed by atoms with Crippen LogP contribution < -0.4 is 4.74 Å². The van der Waals surface area contributed by atoms with E-state index in [0.29, 0.717) is 13.0 Å². The van der Waals surface area contributed by atoms with Crippen molar-refractivity contribution in [1.82, 2.24) is 0 Å². The molecule has 0 N–H and O–H groups in total. The standard InChI is InChI=1S/C22H25NO2/c1-3-4-13-25-18-12-8-11-17(14-18)21-20(23-2)15-19(22(21)24)16-9-6-5-7-10-16/h5-12,14,19,21H,3-4,13,15H2,1-2H3. The van der Waals surface area contributed by atoms with Gasteiger partial charge in [0, 0.05) is 25.1 Å². The molecule has 0 amide bonds. The Morgan fingerprint density at radius 2 is 1.84 bits per heavy atom. The predicted molar refractivity (Wildman–Crippen MR) is 102 cm³/mol. The second kappa shape index (κ2) is 8.11. The molecule has 0 heterocycles. The van der Waals surface area contributed by atoms with Gasteiger partial charge in [0.15, 0.2) is 5.78 Å². The number of nitrogens with zero attached hydrogens (tertiary/aromatic N) is 1. The first-order chi connectivity index (χ1) is 12.2. The Morgan fingerprint density at radius 3 is 2.56 bits per heavy atom. The number of Topliss-reactive ketones (excluding diaryl/α,β-unsaturated/α-hetero) is 1. The van der Waals surface area contributed by atoms with Gasteiger partial charge in [-0.25, -0.2) is 0 Å². The molecule has 0 saturated heterocycles. The Hall–Kier alpha value is -2.42. The van der Waals surface area contributed by atoms with Gasteiger partial charge in [0.05, 0.1) is 12.5 Å². The Bertz CT molecular complexity index is 752. The summed E-state index contributed by atoms with van der Waals surface area (Å²) in [5.41, 5.74) is 3.02. The molecule has 2 atom stereocenters. The van der Waals surface area contributed by atoms with E-state index in [-0.39, 0.29) is 17.6 Å². The van der Waals surface area contributed by atoms with Gasteiger partial charge in [-0.15, -0.1) is 0 Å². The topological polar surface area (TPSA) is 38.7 Å². The summed E-state index contributed by atoms with van der Waals surface area (Å²) in [5.74, 6) is 0.703. The number of unbranched alkanes of at least 4 members (excludes halogenated alkanes) is 1. The molecule has 2 unspecified atom stereocenters. The third-order valence-corrected chi connectivity index (χ3v) is 4.82. The Kier molecular flexibility index (Phi) is 5.64. The molecule has 0 radical (unpaired) electrons. The second-order valence-electron chi connectivity index (χ2n) is 6.49. The summed E-state index contributed by atoms with van der Waals surface area (Å²) in [4.78, 5) is 17.6. The number of ether oxygens (including phenoxy) is 1. The lowest BCUT2D eigenvalue weighted by atomic mass is 9.91. The van der Waals surface area contributed by atoms with E-state index < -0.39 is 0 Å². The van der Waals surface area contributed by atoms with E-state index >= 15 is 0 Å². The van der Waals surface area contributed by atoms with E-state index in [0.717, 1.165) is 35.4 Å². The minimum Gasteiger partial charge on any atom is -0.494 e. The summed E-state index contributed by atoms with van der Waals surface area (Å²) in [7, 11) is 1.78. The second-order valence-corrected chi connectivity index (χ2v) is 6.49. The quantitative estimate of drug-likeness (QED) is 0.713. The molecule has 1 fully saturated rings. The minimum atomic E-state index is -0.259. The normalized spacial score (nSPS) is 21.7. The molecule has 0 bridgehead atoms. The van der Waals surface area contributed by atoms with Crippen molar-refractivity contribution in [1.29, 1.82) is 0 Å². The number of aliphatic imine (C=N–C) groups is 1. The van der Waals surface area contributed by atoms with Crippen LogP contribution in [0, 0.1) is 0 Å². The van der Waals surface area contributed by atoms with E-state index in [1.165, 1.54) is 0 Å². The smallest absolute Gasteiger partial charge is 0.153 e. The van der Waals surface area contributed by atoms with E-state index in [1.807, 2.05) is 54.6 Å². The highest BCUT2D eigenvalue weighted by Gasteiger charge is 2.40. The van der Waals surface area contributed by atoms with Crippen molar-refractivity contribution in [3.8, 4) is 5.75 Å². The molecule has 2 aromatic rings. The first kappa shape index (κ1) is 17.4. The molecular weight excluding hydrogens is 310 g/mol. The highest BCUT2D eigenvalue weighted by molar-refractivity contribution is 6.18. The third-order valence-electron chi connectivity index (χ3n) is 4.82. The van der Waals surface area contributed by atoms with Gasteiger partial charge in [0.25, 0.3) is 0 Å². The molecule has 2 aromatic carbocycles. The van der Waals surface area contributed by atoms with Gasteiger partial charge in [-0.2, -0.15) is 0 Å². The zero-order chi connectivity index (χ0) is 17.6. The first-order valence-corrected chi connectivity index (χ1v) is 9.01. The SMILES string of the molecule is CCCCOc1cccc(C2C(=O)C(c3ccccc3)CC2=NC)c1. The van der Waals surface area contributed by atoms with Crippen molar-refractivity contribution in [2.75, 3.05) is 13.7 Å². The first-order valence-electron chi connectivity index (χ1n) is 9.01. The monoisotopic (exact) mass is 335 g/mol. The lowest BCUT2D eigenvalue weighted by Gasteiger charge is -2.13. The summed E-state index contributed by atoms with van der Waals surface area (Å²) in [6.07, 6.45) is 2.83. The molecular formula is C22H25NO2. The van der Waals surface area contributed by atoms with Crippen LogP contribution in [0.2, 0.25) is 0 Å². The molecule has 1 saturated carbocycles. The largest absolute Gasteiger partial charge is 0.494 e. The van der Waals surface area contributed by atoms with E-state index in [4.69, 9.17) is 4.74 Å². The van der Waals surface area contributed by atoms with Crippen molar-refractivity contribution in [3.05, 3.63) is 65.7 Å². The maximum Gasteiger partial charge on any atom is 0.153 e. The highest BCUT2D eigenvalue weighted by atomic mass is 16.5. The van der Waals surface area contributed by atoms with Gasteiger partial charge < -0.3 is 4.74 Å². The van der Waals surface area contributed by atoms with Crippen LogP contribution in [0.1, 0.15) is 49.1 Å². The van der Waals surface area contributed by atoms with Gasteiger partial charge in [-0.1, -0.05) is 55.8 Å². The van der Waals surface area contributed by atoms with Crippen LogP contribution >= 0.6 is 0 Å². The van der Waals surface area contributed by atoms with Crippen LogP contribution in [0.4, 0.5) is 0 Å². The highest BCUT2D eigenvalue weighted by Crippen LogP contribution is 2.39. The summed E-state index contributed by atoms with van der Waals surface area (Å²) < 4.78 is 5.81. The number of hydrogen-bond acceptors (Lipinski definition) is 3.